The number of aryl methyl sites for hydroxylation is 1. The first-order chi connectivity index (χ1) is 7.54. The molecule has 1 N–H and O–H groups in total. The second kappa shape index (κ2) is 4.98. The van der Waals surface area contributed by atoms with Crippen molar-refractivity contribution in [3.05, 3.63) is 18.0 Å². The first-order valence-corrected chi connectivity index (χ1v) is 4.47. The molecule has 84 valence electrons. The third-order valence-corrected chi connectivity index (χ3v) is 1.85. The van der Waals surface area contributed by atoms with Crippen LogP contribution in [0.25, 0.3) is 0 Å². The van der Waals surface area contributed by atoms with Gasteiger partial charge in [0.1, 0.15) is 6.54 Å². The topological polar surface area (TPSA) is 75.4 Å². The van der Waals surface area contributed by atoms with Crippen LogP contribution in [0.5, 0.6) is 0 Å². The van der Waals surface area contributed by atoms with Gasteiger partial charge >= 0.3 is 5.97 Å². The molecule has 16 heavy (non-hydrogen) atoms. The lowest BCUT2D eigenvalue weighted by atomic mass is 10.3. The Morgan fingerprint density at radius 2 is 2.38 bits per heavy atom. The van der Waals surface area contributed by atoms with E-state index >= 15 is 0 Å². The summed E-state index contributed by atoms with van der Waals surface area (Å²) in [7, 11) is 1.67. The highest BCUT2D eigenvalue weighted by atomic mass is 16.4. The first-order valence-electron chi connectivity index (χ1n) is 4.47. The second-order valence-corrected chi connectivity index (χ2v) is 3.16. The molecule has 0 aromatic carbocycles. The highest BCUT2D eigenvalue weighted by molar-refractivity contribution is 5.95. The largest absolute Gasteiger partial charge is 0.480 e. The van der Waals surface area contributed by atoms with Crippen molar-refractivity contribution in [1.82, 2.24) is 14.7 Å². The van der Waals surface area contributed by atoms with Gasteiger partial charge in [-0.05, 0) is 0 Å². The van der Waals surface area contributed by atoms with E-state index in [1.807, 2.05) is 0 Å². The summed E-state index contributed by atoms with van der Waals surface area (Å²) in [6.07, 6.45) is 7.94. The molecule has 0 unspecified atom stereocenters. The fraction of sp³-hybridized carbons (Fsp3) is 0.300. The predicted octanol–water partition coefficient (Wildman–Crippen LogP) is -0.420. The highest BCUT2D eigenvalue weighted by Gasteiger charge is 2.18. The van der Waals surface area contributed by atoms with Crippen LogP contribution in [0.15, 0.2) is 12.4 Å². The van der Waals surface area contributed by atoms with E-state index in [2.05, 4.69) is 11.0 Å². The van der Waals surface area contributed by atoms with Crippen molar-refractivity contribution in [2.24, 2.45) is 7.05 Å². The standard InChI is InChI=1S/C10H11N3O3/c1-3-4-13(7-9(14)15)10(16)8-5-11-12(2)6-8/h1,5-6H,4,7H2,2H3,(H,14,15). The van der Waals surface area contributed by atoms with Gasteiger partial charge in [-0.25, -0.2) is 0 Å². The van der Waals surface area contributed by atoms with Crippen LogP contribution >= 0.6 is 0 Å². The van der Waals surface area contributed by atoms with E-state index in [0.29, 0.717) is 5.56 Å². The van der Waals surface area contributed by atoms with Crippen LogP contribution in [0.1, 0.15) is 10.4 Å². The summed E-state index contributed by atoms with van der Waals surface area (Å²) in [5, 5.41) is 12.5. The maximum atomic E-state index is 11.8. The number of carbonyl (C=O) groups is 2. The number of carboxylic acid groups (broad SMARTS) is 1. The third-order valence-electron chi connectivity index (χ3n) is 1.85. The molecule has 0 aliphatic rings. The molecule has 0 saturated carbocycles. The molecule has 0 saturated heterocycles. The monoisotopic (exact) mass is 221 g/mol. The Bertz CT molecular complexity index is 444. The van der Waals surface area contributed by atoms with E-state index in [1.54, 1.807) is 7.05 Å². The number of aliphatic carboxylic acids is 1. The van der Waals surface area contributed by atoms with Gasteiger partial charge in [-0.2, -0.15) is 5.10 Å². The minimum absolute atomic E-state index is 0.0416. The van der Waals surface area contributed by atoms with Gasteiger partial charge in [-0.3, -0.25) is 14.3 Å². The lowest BCUT2D eigenvalue weighted by Gasteiger charge is -2.16. The fourth-order valence-electron chi connectivity index (χ4n) is 1.19. The zero-order chi connectivity index (χ0) is 12.1. The number of carbonyl (C=O) groups excluding carboxylic acids is 1. The summed E-state index contributed by atoms with van der Waals surface area (Å²) in [5.41, 5.74) is 0.319. The molecule has 1 aromatic heterocycles. The van der Waals surface area contributed by atoms with Gasteiger partial charge in [0.05, 0.1) is 18.3 Å². The van der Waals surface area contributed by atoms with Gasteiger partial charge in [0.2, 0.25) is 0 Å². The molecule has 1 amide bonds. The molecule has 0 aliphatic carbocycles. The van der Waals surface area contributed by atoms with Crippen LogP contribution < -0.4 is 0 Å². The molecule has 0 radical (unpaired) electrons. The average molecular weight is 221 g/mol. The van der Waals surface area contributed by atoms with E-state index in [0.717, 1.165) is 4.90 Å². The Kier molecular flexibility index (Phi) is 3.67. The fourth-order valence-corrected chi connectivity index (χ4v) is 1.19. The molecule has 1 heterocycles. The lowest BCUT2D eigenvalue weighted by Crippen LogP contribution is -2.35. The molecule has 1 aromatic rings. The predicted molar refractivity (Wildman–Crippen MR) is 55.6 cm³/mol. The maximum absolute atomic E-state index is 11.8. The number of hydrogen-bond donors (Lipinski definition) is 1. The normalized spacial score (nSPS) is 9.50. The average Bonchev–Trinajstić information content (AvgIpc) is 2.62. The molecule has 0 aliphatic heterocycles. The van der Waals surface area contributed by atoms with Crippen LogP contribution in [-0.2, 0) is 11.8 Å². The van der Waals surface area contributed by atoms with E-state index in [4.69, 9.17) is 11.5 Å². The van der Waals surface area contributed by atoms with Gasteiger partial charge in [0.15, 0.2) is 0 Å². The van der Waals surface area contributed by atoms with Crippen LogP contribution in [0, 0.1) is 12.3 Å². The van der Waals surface area contributed by atoms with Gasteiger partial charge < -0.3 is 10.0 Å². The molecule has 0 bridgehead atoms. The van der Waals surface area contributed by atoms with E-state index < -0.39 is 18.4 Å². The van der Waals surface area contributed by atoms with Crippen molar-refractivity contribution in [3.8, 4) is 12.3 Å². The molecule has 6 nitrogen and oxygen atoms in total. The molecular weight excluding hydrogens is 210 g/mol. The number of rotatable bonds is 4. The van der Waals surface area contributed by atoms with Crippen LogP contribution in [0.2, 0.25) is 0 Å². The number of nitrogens with zero attached hydrogens (tertiary/aromatic N) is 3. The number of carboxylic acids is 1. The molecule has 6 heteroatoms. The number of amides is 1. The van der Waals surface area contributed by atoms with Crippen LogP contribution in [0.3, 0.4) is 0 Å². The summed E-state index contributed by atoms with van der Waals surface area (Å²) < 4.78 is 1.46. The van der Waals surface area contributed by atoms with Crippen molar-refractivity contribution in [1.29, 1.82) is 0 Å². The summed E-state index contributed by atoms with van der Waals surface area (Å²) >= 11 is 0. The van der Waals surface area contributed by atoms with E-state index in [1.165, 1.54) is 17.1 Å². The van der Waals surface area contributed by atoms with E-state index in [9.17, 15) is 9.59 Å². The SMILES string of the molecule is C#CCN(CC(=O)O)C(=O)c1cnn(C)c1. The minimum Gasteiger partial charge on any atom is -0.480 e. The third kappa shape index (κ3) is 2.85. The van der Waals surface area contributed by atoms with Crippen LogP contribution in [0.4, 0.5) is 0 Å². The summed E-state index contributed by atoms with van der Waals surface area (Å²) in [6, 6.07) is 0. The van der Waals surface area contributed by atoms with Gasteiger partial charge in [-0.1, -0.05) is 5.92 Å². The summed E-state index contributed by atoms with van der Waals surface area (Å²) in [4.78, 5) is 23.4. The van der Waals surface area contributed by atoms with E-state index in [-0.39, 0.29) is 6.54 Å². The van der Waals surface area contributed by atoms with Crippen molar-refractivity contribution in [2.45, 2.75) is 0 Å². The Morgan fingerprint density at radius 1 is 1.69 bits per heavy atom. The van der Waals surface area contributed by atoms with Crippen molar-refractivity contribution < 1.29 is 14.7 Å². The zero-order valence-electron chi connectivity index (χ0n) is 8.75. The Morgan fingerprint density at radius 3 is 2.81 bits per heavy atom. The zero-order valence-corrected chi connectivity index (χ0v) is 8.75. The number of terminal acetylenes is 1. The van der Waals surface area contributed by atoms with Crippen molar-refractivity contribution >= 4 is 11.9 Å². The second-order valence-electron chi connectivity index (χ2n) is 3.16. The lowest BCUT2D eigenvalue weighted by molar-refractivity contribution is -0.137. The van der Waals surface area contributed by atoms with Gasteiger partial charge in [-0.15, -0.1) is 6.42 Å². The molecule has 0 spiro atoms. The summed E-state index contributed by atoms with van der Waals surface area (Å²) in [5.74, 6) is 0.704. The Balaban J connectivity index is 2.83. The quantitative estimate of drug-likeness (QED) is 0.701. The van der Waals surface area contributed by atoms with Gasteiger partial charge in [0, 0.05) is 13.2 Å². The number of aromatic nitrogens is 2. The van der Waals surface area contributed by atoms with Crippen LogP contribution in [-0.4, -0.2) is 44.8 Å². The van der Waals surface area contributed by atoms with Gasteiger partial charge in [0.25, 0.3) is 5.91 Å². The maximum Gasteiger partial charge on any atom is 0.323 e. The Hall–Kier alpha value is -2.29. The molecular formula is C10H11N3O3. The highest BCUT2D eigenvalue weighted by Crippen LogP contribution is 2.02. The number of hydrogen-bond acceptors (Lipinski definition) is 3. The summed E-state index contributed by atoms with van der Waals surface area (Å²) in [6.45, 7) is -0.460. The Labute approximate surface area is 92.5 Å². The first kappa shape index (κ1) is 11.8. The molecule has 0 atom stereocenters. The van der Waals surface area contributed by atoms with Crippen molar-refractivity contribution in [3.63, 3.8) is 0 Å². The smallest absolute Gasteiger partial charge is 0.323 e. The molecule has 1 rings (SSSR count). The van der Waals surface area contributed by atoms with Crippen molar-refractivity contribution in [2.75, 3.05) is 13.1 Å². The minimum atomic E-state index is -1.10. The molecule has 0 fully saturated rings.